The number of anilines is 1. The van der Waals surface area contributed by atoms with Crippen LogP contribution in [0.2, 0.25) is 0 Å². The third-order valence-electron chi connectivity index (χ3n) is 2.39. The monoisotopic (exact) mass is 250 g/mol. The average molecular weight is 250 g/mol. The summed E-state index contributed by atoms with van der Waals surface area (Å²) >= 11 is 1.62. The predicted octanol–water partition coefficient (Wildman–Crippen LogP) is 2.96. The van der Waals surface area contributed by atoms with Gasteiger partial charge in [-0.1, -0.05) is 23.5 Å². The number of carbonyl (C=O) groups is 1. The number of aliphatic carboxylic acids is 1. The van der Waals surface area contributed by atoms with Crippen LogP contribution in [0, 0.1) is 0 Å². The summed E-state index contributed by atoms with van der Waals surface area (Å²) < 4.78 is 1.17. The largest absolute Gasteiger partial charge is 0.481 e. The number of thiazole rings is 1. The van der Waals surface area contributed by atoms with Crippen molar-refractivity contribution < 1.29 is 9.90 Å². The normalized spacial score (nSPS) is 10.6. The molecule has 0 saturated heterocycles. The number of nitrogens with one attached hydrogen (secondary N) is 1. The Morgan fingerprint density at radius 3 is 2.94 bits per heavy atom. The molecule has 5 heteroatoms. The molecule has 2 rings (SSSR count). The Labute approximate surface area is 103 Å². The number of aromatic nitrogens is 1. The minimum absolute atomic E-state index is 0.238. The van der Waals surface area contributed by atoms with Gasteiger partial charge in [0.1, 0.15) is 0 Å². The number of nitrogens with zero attached hydrogens (tertiary/aromatic N) is 1. The summed E-state index contributed by atoms with van der Waals surface area (Å²) in [6.07, 6.45) is 1.79. The molecule has 1 aromatic heterocycles. The lowest BCUT2D eigenvalue weighted by Gasteiger charge is -2.00. The smallest absolute Gasteiger partial charge is 0.303 e. The Morgan fingerprint density at radius 2 is 2.18 bits per heavy atom. The van der Waals surface area contributed by atoms with E-state index in [0.717, 1.165) is 23.6 Å². The van der Waals surface area contributed by atoms with Crippen molar-refractivity contribution in [3.05, 3.63) is 24.3 Å². The molecule has 0 aliphatic carbocycles. The third kappa shape index (κ3) is 3.42. The minimum atomic E-state index is -0.731. The van der Waals surface area contributed by atoms with E-state index in [1.54, 1.807) is 11.3 Å². The van der Waals surface area contributed by atoms with Gasteiger partial charge in [0.05, 0.1) is 10.2 Å². The van der Waals surface area contributed by atoms with E-state index in [1.807, 2.05) is 24.3 Å². The molecule has 90 valence electrons. The van der Waals surface area contributed by atoms with Gasteiger partial charge in [0, 0.05) is 13.0 Å². The highest BCUT2D eigenvalue weighted by atomic mass is 32.1. The molecule has 1 heterocycles. The summed E-state index contributed by atoms with van der Waals surface area (Å²) in [4.78, 5) is 14.8. The molecule has 17 heavy (non-hydrogen) atoms. The predicted molar refractivity (Wildman–Crippen MR) is 69.6 cm³/mol. The molecule has 0 bridgehead atoms. The summed E-state index contributed by atoms with van der Waals surface area (Å²) in [7, 11) is 0. The van der Waals surface area contributed by atoms with Crippen LogP contribution >= 0.6 is 11.3 Å². The zero-order valence-electron chi connectivity index (χ0n) is 9.35. The minimum Gasteiger partial charge on any atom is -0.481 e. The van der Waals surface area contributed by atoms with E-state index in [9.17, 15) is 4.79 Å². The second-order valence-electron chi connectivity index (χ2n) is 3.76. The summed E-state index contributed by atoms with van der Waals surface area (Å²) in [5.41, 5.74) is 1.01. The van der Waals surface area contributed by atoms with Crippen LogP contribution < -0.4 is 5.32 Å². The molecule has 0 aliphatic rings. The van der Waals surface area contributed by atoms with Gasteiger partial charge in [-0.05, 0) is 25.0 Å². The van der Waals surface area contributed by atoms with Gasteiger partial charge < -0.3 is 10.4 Å². The van der Waals surface area contributed by atoms with Crippen molar-refractivity contribution in [2.45, 2.75) is 19.3 Å². The van der Waals surface area contributed by atoms with Crippen LogP contribution in [0.1, 0.15) is 19.3 Å². The summed E-state index contributed by atoms with van der Waals surface area (Å²) in [5, 5.41) is 12.6. The lowest BCUT2D eigenvalue weighted by Crippen LogP contribution is -2.02. The molecule has 4 nitrogen and oxygen atoms in total. The summed E-state index contributed by atoms with van der Waals surface area (Å²) in [5.74, 6) is -0.731. The van der Waals surface area contributed by atoms with Crippen molar-refractivity contribution in [3.63, 3.8) is 0 Å². The molecule has 0 amide bonds. The molecular weight excluding hydrogens is 236 g/mol. The first-order chi connectivity index (χ1) is 8.25. The maximum Gasteiger partial charge on any atom is 0.303 e. The van der Waals surface area contributed by atoms with E-state index >= 15 is 0 Å². The zero-order valence-corrected chi connectivity index (χ0v) is 10.2. The highest BCUT2D eigenvalue weighted by Crippen LogP contribution is 2.25. The van der Waals surface area contributed by atoms with Gasteiger partial charge in [0.15, 0.2) is 5.13 Å². The average Bonchev–Trinajstić information content (AvgIpc) is 2.70. The fraction of sp³-hybridized carbons (Fsp3) is 0.333. The van der Waals surface area contributed by atoms with Crippen molar-refractivity contribution in [1.29, 1.82) is 0 Å². The first-order valence-electron chi connectivity index (χ1n) is 5.57. The number of rotatable bonds is 6. The van der Waals surface area contributed by atoms with Gasteiger partial charge >= 0.3 is 5.97 Å². The van der Waals surface area contributed by atoms with Crippen molar-refractivity contribution in [3.8, 4) is 0 Å². The van der Waals surface area contributed by atoms with Crippen LogP contribution in [-0.4, -0.2) is 22.6 Å². The number of hydrogen-bond donors (Lipinski definition) is 2. The van der Waals surface area contributed by atoms with Crippen LogP contribution in [0.25, 0.3) is 10.2 Å². The van der Waals surface area contributed by atoms with Crippen molar-refractivity contribution >= 4 is 32.7 Å². The van der Waals surface area contributed by atoms with Gasteiger partial charge in [-0.2, -0.15) is 0 Å². The Balaban J connectivity index is 1.81. The lowest BCUT2D eigenvalue weighted by atomic mass is 10.2. The lowest BCUT2D eigenvalue weighted by molar-refractivity contribution is -0.137. The molecule has 2 aromatic rings. The maximum atomic E-state index is 10.3. The topological polar surface area (TPSA) is 62.2 Å². The maximum absolute atomic E-state index is 10.3. The van der Waals surface area contributed by atoms with Gasteiger partial charge in [-0.15, -0.1) is 0 Å². The molecular formula is C12H14N2O2S. The standard InChI is InChI=1S/C12H14N2O2S/c15-11(16)7-3-4-8-13-12-14-9-5-1-2-6-10(9)17-12/h1-2,5-6H,3-4,7-8H2,(H,13,14)(H,15,16). The Morgan fingerprint density at radius 1 is 1.35 bits per heavy atom. The van der Waals surface area contributed by atoms with E-state index in [4.69, 9.17) is 5.11 Å². The van der Waals surface area contributed by atoms with Gasteiger partial charge in [0.25, 0.3) is 0 Å². The Kier molecular flexibility index (Phi) is 3.93. The number of hydrogen-bond acceptors (Lipinski definition) is 4. The highest BCUT2D eigenvalue weighted by Gasteiger charge is 2.02. The number of carboxylic acids is 1. The second kappa shape index (κ2) is 5.63. The fourth-order valence-corrected chi connectivity index (χ4v) is 2.44. The fourth-order valence-electron chi connectivity index (χ4n) is 1.54. The summed E-state index contributed by atoms with van der Waals surface area (Å²) in [6, 6.07) is 8.00. The molecule has 1 aromatic carbocycles. The number of benzene rings is 1. The zero-order chi connectivity index (χ0) is 12.1. The van der Waals surface area contributed by atoms with Crippen molar-refractivity contribution in [1.82, 2.24) is 4.98 Å². The number of para-hydroxylation sites is 1. The van der Waals surface area contributed by atoms with E-state index in [0.29, 0.717) is 6.42 Å². The number of fused-ring (bicyclic) bond motifs is 1. The highest BCUT2D eigenvalue weighted by molar-refractivity contribution is 7.22. The van der Waals surface area contributed by atoms with Gasteiger partial charge in [-0.25, -0.2) is 4.98 Å². The van der Waals surface area contributed by atoms with Gasteiger partial charge in [-0.3, -0.25) is 4.79 Å². The molecule has 0 radical (unpaired) electrons. The Bertz CT molecular complexity index is 477. The molecule has 0 unspecified atom stereocenters. The first kappa shape index (κ1) is 11.9. The van der Waals surface area contributed by atoms with Crippen LogP contribution in [0.5, 0.6) is 0 Å². The number of unbranched alkanes of at least 4 members (excludes halogenated alkanes) is 1. The first-order valence-corrected chi connectivity index (χ1v) is 6.38. The molecule has 0 fully saturated rings. The van der Waals surface area contributed by atoms with Crippen molar-refractivity contribution in [2.75, 3.05) is 11.9 Å². The van der Waals surface area contributed by atoms with Gasteiger partial charge in [0.2, 0.25) is 0 Å². The summed E-state index contributed by atoms with van der Waals surface area (Å²) in [6.45, 7) is 0.771. The van der Waals surface area contributed by atoms with Crippen LogP contribution in [0.4, 0.5) is 5.13 Å². The molecule has 2 N–H and O–H groups in total. The van der Waals surface area contributed by atoms with Crippen LogP contribution in [-0.2, 0) is 4.79 Å². The number of carboxylic acid groups (broad SMARTS) is 1. The van der Waals surface area contributed by atoms with E-state index < -0.39 is 5.97 Å². The SMILES string of the molecule is O=C(O)CCCCNc1nc2ccccc2s1. The van der Waals surface area contributed by atoms with E-state index in [1.165, 1.54) is 4.70 Å². The molecule has 0 saturated carbocycles. The van der Waals surface area contributed by atoms with Crippen molar-refractivity contribution in [2.24, 2.45) is 0 Å². The second-order valence-corrected chi connectivity index (χ2v) is 4.80. The van der Waals surface area contributed by atoms with Crippen LogP contribution in [0.15, 0.2) is 24.3 Å². The van der Waals surface area contributed by atoms with E-state index in [2.05, 4.69) is 10.3 Å². The van der Waals surface area contributed by atoms with Crippen LogP contribution in [0.3, 0.4) is 0 Å². The molecule has 0 aliphatic heterocycles. The molecule has 0 atom stereocenters. The Hall–Kier alpha value is -1.62. The molecule has 0 spiro atoms. The quantitative estimate of drug-likeness (QED) is 0.774. The third-order valence-corrected chi connectivity index (χ3v) is 3.38. The van der Waals surface area contributed by atoms with E-state index in [-0.39, 0.29) is 6.42 Å².